The standard InChI is InChI=1S/C57H73N9O10/c1-3-32-76-44-26-22-40(23-27-44)38-16-14-37(15-17-38)39-18-20-41(21-19-39)51(69)61-45-9-6-30-60-54(72)49-33-42(59)34-66(49)56(74)47(8-4-5-29-58)63-52(70)46(28-13-36-11-24-43(68)25-12-36)62-55(73)48-10-7-31-65(48)57(75)50(35(2)67)64-53(45)71/h11-12,14-27,35,42,45-50,67-68H,3-10,13,28-34,58-59H2,1-2H3,(H,60,72)(H,61,69)(H,62,73)(H,63,70)(H,64,71)/t35-,42+,45+,46+,47+,48+,49+,50+/m1/s1. The maximum Gasteiger partial charge on any atom is 0.251 e. The van der Waals surface area contributed by atoms with Gasteiger partial charge in [0, 0.05) is 31.2 Å². The Morgan fingerprint density at radius 3 is 1.99 bits per heavy atom. The van der Waals surface area contributed by atoms with Crippen LogP contribution in [-0.4, -0.2) is 143 Å². The molecule has 7 rings (SSSR count). The van der Waals surface area contributed by atoms with Crippen molar-refractivity contribution in [1.29, 1.82) is 0 Å². The van der Waals surface area contributed by atoms with E-state index in [0.29, 0.717) is 32.4 Å². The van der Waals surface area contributed by atoms with Gasteiger partial charge in [-0.05, 0) is 148 Å². The highest BCUT2D eigenvalue weighted by Gasteiger charge is 2.43. The molecular formula is C57H73N9O10. The number of unbranched alkanes of at least 4 members (excludes halogenated alkanes) is 1. The molecule has 3 saturated heterocycles. The average Bonchev–Trinajstić information content (AvgIpc) is 4.09. The molecule has 0 spiro atoms. The number of nitrogens with zero attached hydrogens (tertiary/aromatic N) is 2. The third-order valence-corrected chi connectivity index (χ3v) is 14.3. The molecule has 0 unspecified atom stereocenters. The van der Waals surface area contributed by atoms with E-state index >= 15 is 0 Å². The number of rotatable bonds is 15. The quantitative estimate of drug-likeness (QED) is 0.0778. The number of nitrogens with one attached hydrogen (secondary N) is 5. The average molecular weight is 1040 g/mol. The number of fused-ring (bicyclic) bond motifs is 2. The van der Waals surface area contributed by atoms with Crippen LogP contribution in [0.15, 0.2) is 97.1 Å². The molecule has 3 aliphatic heterocycles. The Morgan fingerprint density at radius 1 is 0.724 bits per heavy atom. The van der Waals surface area contributed by atoms with Crippen LogP contribution in [-0.2, 0) is 35.2 Å². The minimum atomic E-state index is -1.54. The van der Waals surface area contributed by atoms with Gasteiger partial charge in [0.05, 0.1) is 12.7 Å². The Balaban J connectivity index is 1.12. The van der Waals surface area contributed by atoms with Crippen molar-refractivity contribution < 1.29 is 48.5 Å². The summed E-state index contributed by atoms with van der Waals surface area (Å²) in [5.41, 5.74) is 17.0. The van der Waals surface area contributed by atoms with Crippen molar-refractivity contribution in [1.82, 2.24) is 36.4 Å². The van der Waals surface area contributed by atoms with Crippen molar-refractivity contribution >= 4 is 41.4 Å². The molecule has 4 aromatic rings. The number of benzene rings is 4. The number of hydrogen-bond donors (Lipinski definition) is 9. The summed E-state index contributed by atoms with van der Waals surface area (Å²) in [5, 5.41) is 35.0. The topological polar surface area (TPSA) is 288 Å². The maximum atomic E-state index is 14.5. The molecule has 0 saturated carbocycles. The van der Waals surface area contributed by atoms with E-state index in [1.807, 2.05) is 48.5 Å². The number of aliphatic hydroxyl groups excluding tert-OH is 1. The summed E-state index contributed by atoms with van der Waals surface area (Å²) in [7, 11) is 0. The predicted octanol–water partition coefficient (Wildman–Crippen LogP) is 3.04. The Morgan fingerprint density at radius 2 is 1.36 bits per heavy atom. The number of aryl methyl sites for hydroxylation is 1. The van der Waals surface area contributed by atoms with E-state index in [1.54, 1.807) is 36.4 Å². The molecule has 11 N–H and O–H groups in total. The Bertz CT molecular complexity index is 2630. The lowest BCUT2D eigenvalue weighted by atomic mass is 9.99. The zero-order valence-corrected chi connectivity index (χ0v) is 43.4. The van der Waals surface area contributed by atoms with Crippen molar-refractivity contribution in [2.45, 2.75) is 133 Å². The van der Waals surface area contributed by atoms with Crippen LogP contribution in [0.5, 0.6) is 11.5 Å². The van der Waals surface area contributed by atoms with Crippen LogP contribution in [0.1, 0.15) is 94.0 Å². The highest BCUT2D eigenvalue weighted by atomic mass is 16.5. The summed E-state index contributed by atoms with van der Waals surface area (Å²) in [4.78, 5) is 103. The van der Waals surface area contributed by atoms with Crippen molar-refractivity contribution in [2.24, 2.45) is 11.5 Å². The summed E-state index contributed by atoms with van der Waals surface area (Å²) in [6.45, 7) is 4.57. The van der Waals surface area contributed by atoms with Crippen molar-refractivity contribution in [2.75, 3.05) is 32.8 Å². The molecule has 76 heavy (non-hydrogen) atoms. The monoisotopic (exact) mass is 1040 g/mol. The maximum absolute atomic E-state index is 14.5. The van der Waals surface area contributed by atoms with Gasteiger partial charge in [-0.25, -0.2) is 0 Å². The Kier molecular flexibility index (Phi) is 20.0. The number of amides is 7. The molecule has 4 aromatic carbocycles. The normalized spacial score (nSPS) is 23.5. The number of phenolic OH excluding ortho intramolecular Hbond substituents is 1. The molecule has 7 amide bonds. The third-order valence-electron chi connectivity index (χ3n) is 14.3. The van der Waals surface area contributed by atoms with Gasteiger partial charge in [-0.1, -0.05) is 67.6 Å². The van der Waals surface area contributed by atoms with Gasteiger partial charge in [-0.2, -0.15) is 0 Å². The lowest BCUT2D eigenvalue weighted by molar-refractivity contribution is -0.144. The molecule has 3 heterocycles. The first kappa shape index (κ1) is 56.4. The Labute approximate surface area is 443 Å². The number of aromatic hydroxyl groups is 1. The van der Waals surface area contributed by atoms with Crippen LogP contribution in [0.3, 0.4) is 0 Å². The minimum absolute atomic E-state index is 0.0140. The number of carbonyl (C=O) groups is 7. The second kappa shape index (κ2) is 26.9. The predicted molar refractivity (Wildman–Crippen MR) is 286 cm³/mol. The highest BCUT2D eigenvalue weighted by Crippen LogP contribution is 2.28. The summed E-state index contributed by atoms with van der Waals surface area (Å²) >= 11 is 0. The second-order valence-electron chi connectivity index (χ2n) is 20.0. The van der Waals surface area contributed by atoms with Crippen molar-refractivity contribution in [3.8, 4) is 33.8 Å². The zero-order valence-electron chi connectivity index (χ0n) is 43.4. The van der Waals surface area contributed by atoms with Gasteiger partial charge >= 0.3 is 0 Å². The first-order valence-corrected chi connectivity index (χ1v) is 26.6. The van der Waals surface area contributed by atoms with Crippen LogP contribution in [0.4, 0.5) is 0 Å². The number of ether oxygens (including phenoxy) is 1. The van der Waals surface area contributed by atoms with E-state index < -0.39 is 89.7 Å². The van der Waals surface area contributed by atoms with Gasteiger partial charge < -0.3 is 62.8 Å². The molecule has 8 atom stereocenters. The first-order valence-electron chi connectivity index (χ1n) is 26.6. The van der Waals surface area contributed by atoms with Gasteiger partial charge in [-0.3, -0.25) is 33.6 Å². The number of aliphatic hydroxyl groups is 1. The van der Waals surface area contributed by atoms with Crippen LogP contribution >= 0.6 is 0 Å². The molecule has 406 valence electrons. The molecule has 0 aromatic heterocycles. The van der Waals surface area contributed by atoms with E-state index in [0.717, 1.165) is 40.0 Å². The molecule has 19 heteroatoms. The number of carbonyl (C=O) groups excluding carboxylic acids is 7. The summed E-state index contributed by atoms with van der Waals surface area (Å²) < 4.78 is 5.72. The number of phenols is 1. The lowest BCUT2D eigenvalue weighted by Gasteiger charge is -2.32. The van der Waals surface area contributed by atoms with E-state index in [-0.39, 0.29) is 75.9 Å². The van der Waals surface area contributed by atoms with E-state index in [4.69, 9.17) is 16.2 Å². The van der Waals surface area contributed by atoms with Gasteiger partial charge in [0.2, 0.25) is 35.4 Å². The van der Waals surface area contributed by atoms with E-state index in [2.05, 4.69) is 33.5 Å². The third kappa shape index (κ3) is 14.7. The number of hydrogen-bond acceptors (Lipinski definition) is 12. The SMILES string of the molecule is CCCOc1ccc(-c2ccc(-c3ccc(C(=O)N[C@H]4CCCNC(=O)[C@@H]5C[C@H](N)CN5C(=O)[C@H](CCCCN)NC(=O)[C@H](CCc5ccc(O)cc5)NC(=O)[C@@H]5CCCN5C(=O)[C@H]([C@@H](C)O)NC4=O)cc3)cc2)cc1. The van der Waals surface area contributed by atoms with E-state index in [9.17, 15) is 43.8 Å². The Hall–Kier alpha value is -7.35. The first-order chi connectivity index (χ1) is 36.6. The fraction of sp³-hybridized carbons (Fsp3) is 0.456. The van der Waals surface area contributed by atoms with Crippen LogP contribution in [0, 0.1) is 0 Å². The number of nitrogens with two attached hydrogens (primary N) is 2. The largest absolute Gasteiger partial charge is 0.508 e. The van der Waals surface area contributed by atoms with Crippen molar-refractivity contribution in [3.63, 3.8) is 0 Å². The van der Waals surface area contributed by atoms with E-state index in [1.165, 1.54) is 28.9 Å². The second-order valence-corrected chi connectivity index (χ2v) is 20.0. The fourth-order valence-electron chi connectivity index (χ4n) is 10.00. The van der Waals surface area contributed by atoms with Crippen molar-refractivity contribution in [3.05, 3.63) is 108 Å². The van der Waals surface area contributed by atoms with Crippen LogP contribution < -0.4 is 42.8 Å². The molecular weight excluding hydrogens is 971 g/mol. The molecule has 0 bridgehead atoms. The highest BCUT2D eigenvalue weighted by molar-refractivity contribution is 6.00. The lowest BCUT2D eigenvalue weighted by Crippen LogP contribution is -2.61. The van der Waals surface area contributed by atoms with Gasteiger partial charge in [0.15, 0.2) is 0 Å². The molecule has 0 aliphatic carbocycles. The minimum Gasteiger partial charge on any atom is -0.508 e. The van der Waals surface area contributed by atoms with Gasteiger partial charge in [0.25, 0.3) is 5.91 Å². The molecule has 3 fully saturated rings. The zero-order chi connectivity index (χ0) is 54.3. The fourth-order valence-corrected chi connectivity index (χ4v) is 10.00. The van der Waals surface area contributed by atoms with Gasteiger partial charge in [-0.15, -0.1) is 0 Å². The summed E-state index contributed by atoms with van der Waals surface area (Å²) in [6.07, 6.45) is 1.95. The smallest absolute Gasteiger partial charge is 0.251 e. The molecule has 3 aliphatic rings. The van der Waals surface area contributed by atoms with Crippen LogP contribution in [0.25, 0.3) is 22.3 Å². The van der Waals surface area contributed by atoms with Gasteiger partial charge in [0.1, 0.15) is 47.8 Å². The molecule has 0 radical (unpaired) electrons. The van der Waals surface area contributed by atoms with Crippen LogP contribution in [0.2, 0.25) is 0 Å². The molecule has 19 nitrogen and oxygen atoms in total. The summed E-state index contributed by atoms with van der Waals surface area (Å²) in [5.74, 6) is -3.58. The summed E-state index contributed by atoms with van der Waals surface area (Å²) in [6, 6.07) is 21.5.